The lowest BCUT2D eigenvalue weighted by Crippen LogP contribution is -2.51. The summed E-state index contributed by atoms with van der Waals surface area (Å²) in [6.07, 6.45) is 1.47. The number of methoxy groups -OCH3 is 1. The molecule has 8 heteroatoms. The number of nitrogens with one attached hydrogen (secondary N) is 2. The van der Waals surface area contributed by atoms with Crippen LogP contribution in [0.2, 0.25) is 0 Å². The molecule has 2 aliphatic rings. The molecule has 0 saturated heterocycles. The lowest BCUT2D eigenvalue weighted by atomic mass is 9.66. The van der Waals surface area contributed by atoms with Crippen LogP contribution in [0.1, 0.15) is 49.7 Å². The normalized spacial score (nSPS) is 17.3. The van der Waals surface area contributed by atoms with E-state index in [0.717, 1.165) is 30.4 Å². The summed E-state index contributed by atoms with van der Waals surface area (Å²) in [6.45, 7) is 2.12. The first-order chi connectivity index (χ1) is 16.8. The topological polar surface area (TPSA) is 114 Å². The number of carboxylic acids is 1. The van der Waals surface area contributed by atoms with Gasteiger partial charge in [0.15, 0.2) is 6.04 Å². The molecule has 35 heavy (non-hydrogen) atoms. The van der Waals surface area contributed by atoms with Gasteiger partial charge in [0.2, 0.25) is 5.91 Å². The molecule has 0 aromatic heterocycles. The number of ether oxygens (including phenoxy) is 2. The summed E-state index contributed by atoms with van der Waals surface area (Å²) in [5.74, 6) is -1.53. The molecule has 3 N–H and O–H groups in total. The van der Waals surface area contributed by atoms with Crippen molar-refractivity contribution in [2.75, 3.05) is 20.3 Å². The first-order valence-corrected chi connectivity index (χ1v) is 12.0. The average Bonchev–Trinajstić information content (AvgIpc) is 3.15. The summed E-state index contributed by atoms with van der Waals surface area (Å²) in [7, 11) is 1.40. The highest BCUT2D eigenvalue weighted by atomic mass is 16.5. The number of carbonyl (C=O) groups excluding carboxylic acids is 2. The second-order valence-corrected chi connectivity index (χ2v) is 9.53. The van der Waals surface area contributed by atoms with Gasteiger partial charge < -0.3 is 25.2 Å². The number of alkyl carbamates (subject to hydrolysis) is 1. The SMILES string of the molecule is CO[C@H](C)[C@H](NC(=O)CC1(CNC(=O)OCC2c3ccccc3-c3ccccc32)CCC1)C(=O)O. The van der Waals surface area contributed by atoms with E-state index in [2.05, 4.69) is 34.9 Å². The van der Waals surface area contributed by atoms with E-state index in [1.54, 1.807) is 6.92 Å². The molecule has 2 aromatic carbocycles. The fourth-order valence-corrected chi connectivity index (χ4v) is 5.08. The Balaban J connectivity index is 1.31. The Kier molecular flexibility index (Phi) is 7.40. The van der Waals surface area contributed by atoms with Crippen molar-refractivity contribution in [3.05, 3.63) is 59.7 Å². The van der Waals surface area contributed by atoms with Crippen LogP contribution >= 0.6 is 0 Å². The van der Waals surface area contributed by atoms with Gasteiger partial charge in [-0.2, -0.15) is 0 Å². The standard InChI is InChI=1S/C27H32N2O6/c1-17(34-2)24(25(31)32)29-23(30)14-27(12-7-13-27)16-28-26(33)35-15-22-20-10-5-3-8-18(20)19-9-4-6-11-21(19)22/h3-6,8-11,17,22,24H,7,12-16H2,1-2H3,(H,28,33)(H,29,30)(H,31,32)/t17-,24+/m1/s1. The van der Waals surface area contributed by atoms with Crippen LogP contribution in [0.5, 0.6) is 0 Å². The number of benzene rings is 2. The van der Waals surface area contributed by atoms with Gasteiger partial charge in [-0.05, 0) is 47.4 Å². The molecule has 2 atom stereocenters. The molecule has 0 aliphatic heterocycles. The third kappa shape index (κ3) is 5.32. The van der Waals surface area contributed by atoms with Crippen molar-refractivity contribution in [3.8, 4) is 11.1 Å². The van der Waals surface area contributed by atoms with E-state index < -0.39 is 29.6 Å². The van der Waals surface area contributed by atoms with Crippen LogP contribution in [0, 0.1) is 5.41 Å². The van der Waals surface area contributed by atoms with Crippen LogP contribution in [0.4, 0.5) is 4.79 Å². The van der Waals surface area contributed by atoms with Crippen molar-refractivity contribution in [3.63, 3.8) is 0 Å². The third-order valence-electron chi connectivity index (χ3n) is 7.32. The molecule has 0 bridgehead atoms. The van der Waals surface area contributed by atoms with E-state index in [1.807, 2.05) is 24.3 Å². The summed E-state index contributed by atoms with van der Waals surface area (Å²) < 4.78 is 10.7. The molecule has 0 radical (unpaired) electrons. The predicted octanol–water partition coefficient (Wildman–Crippen LogP) is 3.69. The summed E-state index contributed by atoms with van der Waals surface area (Å²) in [5, 5.41) is 14.8. The Morgan fingerprint density at radius 2 is 1.66 bits per heavy atom. The zero-order valence-corrected chi connectivity index (χ0v) is 20.1. The predicted molar refractivity (Wildman–Crippen MR) is 130 cm³/mol. The molecule has 1 fully saturated rings. The third-order valence-corrected chi connectivity index (χ3v) is 7.32. The number of amides is 2. The highest BCUT2D eigenvalue weighted by Crippen LogP contribution is 2.45. The van der Waals surface area contributed by atoms with Gasteiger partial charge >= 0.3 is 12.1 Å². The molecule has 0 unspecified atom stereocenters. The Morgan fingerprint density at radius 3 is 2.17 bits per heavy atom. The highest BCUT2D eigenvalue weighted by Gasteiger charge is 2.40. The van der Waals surface area contributed by atoms with Gasteiger partial charge in [-0.15, -0.1) is 0 Å². The van der Waals surface area contributed by atoms with Gasteiger partial charge in [-0.3, -0.25) is 4.79 Å². The van der Waals surface area contributed by atoms with E-state index >= 15 is 0 Å². The van der Waals surface area contributed by atoms with Gasteiger partial charge in [0.05, 0.1) is 6.10 Å². The first kappa shape index (κ1) is 24.7. The quantitative estimate of drug-likeness (QED) is 0.478. The minimum Gasteiger partial charge on any atom is -0.480 e. The van der Waals surface area contributed by atoms with E-state index in [4.69, 9.17) is 9.47 Å². The van der Waals surface area contributed by atoms with E-state index in [9.17, 15) is 19.5 Å². The maximum absolute atomic E-state index is 12.6. The van der Waals surface area contributed by atoms with Crippen molar-refractivity contribution in [2.24, 2.45) is 5.41 Å². The minimum atomic E-state index is -1.15. The van der Waals surface area contributed by atoms with Crippen LogP contribution in [0.15, 0.2) is 48.5 Å². The molecular weight excluding hydrogens is 448 g/mol. The van der Waals surface area contributed by atoms with Crippen LogP contribution < -0.4 is 10.6 Å². The fraction of sp³-hybridized carbons (Fsp3) is 0.444. The van der Waals surface area contributed by atoms with Crippen LogP contribution in [0.3, 0.4) is 0 Å². The van der Waals surface area contributed by atoms with Gasteiger partial charge in [0.1, 0.15) is 6.61 Å². The van der Waals surface area contributed by atoms with E-state index in [1.165, 1.54) is 18.2 Å². The summed E-state index contributed by atoms with van der Waals surface area (Å²) >= 11 is 0. The molecule has 186 valence electrons. The number of fused-ring (bicyclic) bond motifs is 3. The number of hydrogen-bond acceptors (Lipinski definition) is 5. The summed E-state index contributed by atoms with van der Waals surface area (Å²) in [6, 6.07) is 15.2. The molecule has 1 saturated carbocycles. The number of carboxylic acid groups (broad SMARTS) is 1. The Hall–Kier alpha value is -3.39. The van der Waals surface area contributed by atoms with Crippen molar-refractivity contribution in [1.29, 1.82) is 0 Å². The number of aliphatic carboxylic acids is 1. The molecular formula is C27H32N2O6. The molecule has 4 rings (SSSR count). The second-order valence-electron chi connectivity index (χ2n) is 9.53. The van der Waals surface area contributed by atoms with Crippen LogP contribution in [-0.2, 0) is 19.1 Å². The Labute approximate surface area is 205 Å². The lowest BCUT2D eigenvalue weighted by molar-refractivity contribution is -0.146. The van der Waals surface area contributed by atoms with Crippen molar-refractivity contribution >= 4 is 18.0 Å². The fourth-order valence-electron chi connectivity index (χ4n) is 5.08. The number of hydrogen-bond donors (Lipinski definition) is 3. The maximum Gasteiger partial charge on any atom is 0.407 e. The maximum atomic E-state index is 12.6. The molecule has 8 nitrogen and oxygen atoms in total. The van der Waals surface area contributed by atoms with Crippen LogP contribution in [-0.4, -0.2) is 55.5 Å². The second kappa shape index (κ2) is 10.5. The summed E-state index contributed by atoms with van der Waals surface area (Å²) in [5.41, 5.74) is 4.23. The van der Waals surface area contributed by atoms with Gasteiger partial charge in [0.25, 0.3) is 0 Å². The molecule has 2 aliphatic carbocycles. The Bertz CT molecular complexity index is 1050. The highest BCUT2D eigenvalue weighted by molar-refractivity contribution is 5.84. The minimum absolute atomic E-state index is 0.0210. The molecule has 2 amide bonds. The zero-order chi connectivity index (χ0) is 25.0. The molecule has 0 heterocycles. The largest absolute Gasteiger partial charge is 0.480 e. The van der Waals surface area contributed by atoms with Crippen molar-refractivity contribution in [1.82, 2.24) is 10.6 Å². The van der Waals surface area contributed by atoms with Crippen molar-refractivity contribution < 1.29 is 29.0 Å². The molecule has 2 aromatic rings. The Morgan fingerprint density at radius 1 is 1.06 bits per heavy atom. The van der Waals surface area contributed by atoms with E-state index in [0.29, 0.717) is 6.54 Å². The lowest BCUT2D eigenvalue weighted by Gasteiger charge is -2.41. The first-order valence-electron chi connectivity index (χ1n) is 12.0. The van der Waals surface area contributed by atoms with Gasteiger partial charge in [-0.1, -0.05) is 55.0 Å². The van der Waals surface area contributed by atoms with Crippen molar-refractivity contribution in [2.45, 2.75) is 50.7 Å². The summed E-state index contributed by atoms with van der Waals surface area (Å²) in [4.78, 5) is 36.6. The van der Waals surface area contributed by atoms with Gasteiger partial charge in [0, 0.05) is 26.0 Å². The number of rotatable bonds is 10. The average molecular weight is 481 g/mol. The van der Waals surface area contributed by atoms with E-state index in [-0.39, 0.29) is 24.9 Å². The monoisotopic (exact) mass is 480 g/mol. The zero-order valence-electron chi connectivity index (χ0n) is 20.1. The van der Waals surface area contributed by atoms with Gasteiger partial charge in [-0.25, -0.2) is 9.59 Å². The molecule has 0 spiro atoms. The number of carbonyl (C=O) groups is 3. The smallest absolute Gasteiger partial charge is 0.407 e. The van der Waals surface area contributed by atoms with Crippen LogP contribution in [0.25, 0.3) is 11.1 Å².